The lowest BCUT2D eigenvalue weighted by atomic mass is 10.1. The summed E-state index contributed by atoms with van der Waals surface area (Å²) in [6.45, 7) is 4.35. The van der Waals surface area contributed by atoms with Gasteiger partial charge in [-0.1, -0.05) is 11.6 Å². The number of anilines is 4. The van der Waals surface area contributed by atoms with E-state index in [4.69, 9.17) is 16.6 Å². The maximum absolute atomic E-state index is 13.3. The van der Waals surface area contributed by atoms with Gasteiger partial charge in [0.15, 0.2) is 11.6 Å². The van der Waals surface area contributed by atoms with Crippen molar-refractivity contribution in [3.05, 3.63) is 58.5 Å². The molecular formula is C24H26ClF3N8. The molecule has 0 unspecified atom stereocenters. The Kier molecular flexibility index (Phi) is 7.10. The highest BCUT2D eigenvalue weighted by Gasteiger charge is 2.31. The number of halogens is 4. The summed E-state index contributed by atoms with van der Waals surface area (Å²) in [6, 6.07) is 5.28. The summed E-state index contributed by atoms with van der Waals surface area (Å²) in [6.07, 6.45) is 1.42. The number of nitrogens with one attached hydrogen (secondary N) is 2. The van der Waals surface area contributed by atoms with Gasteiger partial charge in [-0.3, -0.25) is 4.98 Å². The molecule has 3 aromatic rings. The van der Waals surface area contributed by atoms with E-state index in [9.17, 15) is 13.2 Å². The number of aryl methyl sites for hydroxylation is 1. The number of fused-ring (bicyclic) bond motifs is 1. The monoisotopic (exact) mass is 518 g/mol. The van der Waals surface area contributed by atoms with Crippen molar-refractivity contribution in [2.75, 3.05) is 47.8 Å². The average Bonchev–Trinajstić information content (AvgIpc) is 3.07. The van der Waals surface area contributed by atoms with Gasteiger partial charge < -0.3 is 20.4 Å². The third kappa shape index (κ3) is 5.62. The third-order valence-corrected chi connectivity index (χ3v) is 6.64. The van der Waals surface area contributed by atoms with E-state index in [1.165, 1.54) is 6.07 Å². The van der Waals surface area contributed by atoms with Crippen molar-refractivity contribution < 1.29 is 13.2 Å². The van der Waals surface area contributed by atoms with Gasteiger partial charge >= 0.3 is 6.18 Å². The number of alkyl halides is 3. The van der Waals surface area contributed by atoms with Gasteiger partial charge in [0, 0.05) is 50.5 Å². The van der Waals surface area contributed by atoms with Gasteiger partial charge in [-0.05, 0) is 49.1 Å². The van der Waals surface area contributed by atoms with Crippen molar-refractivity contribution in [3.8, 4) is 0 Å². The Morgan fingerprint density at radius 2 is 1.86 bits per heavy atom. The summed E-state index contributed by atoms with van der Waals surface area (Å²) in [7, 11) is 0. The number of rotatable bonds is 5. The van der Waals surface area contributed by atoms with Crippen molar-refractivity contribution in [2.24, 2.45) is 0 Å². The van der Waals surface area contributed by atoms with Crippen LogP contribution in [-0.4, -0.2) is 52.7 Å². The number of piperazine rings is 1. The van der Waals surface area contributed by atoms with Crippen molar-refractivity contribution >= 4 is 35.0 Å². The molecule has 36 heavy (non-hydrogen) atoms. The normalized spacial score (nSPS) is 16.4. The van der Waals surface area contributed by atoms with Gasteiger partial charge in [0.25, 0.3) is 0 Å². The fourth-order valence-corrected chi connectivity index (χ4v) is 4.60. The fourth-order valence-electron chi connectivity index (χ4n) is 4.42. The van der Waals surface area contributed by atoms with E-state index >= 15 is 0 Å². The maximum Gasteiger partial charge on any atom is 0.416 e. The van der Waals surface area contributed by atoms with Crippen LogP contribution in [0.5, 0.6) is 0 Å². The molecule has 8 nitrogen and oxygen atoms in total. The summed E-state index contributed by atoms with van der Waals surface area (Å²) in [5.41, 5.74) is 0.475. The Morgan fingerprint density at radius 3 is 2.67 bits per heavy atom. The second-order valence-electron chi connectivity index (χ2n) is 8.81. The summed E-state index contributed by atoms with van der Waals surface area (Å²) in [4.78, 5) is 22.5. The first-order valence-electron chi connectivity index (χ1n) is 11.9. The van der Waals surface area contributed by atoms with Crippen LogP contribution in [0.4, 0.5) is 36.6 Å². The van der Waals surface area contributed by atoms with E-state index in [1.807, 2.05) is 11.0 Å². The molecule has 0 spiro atoms. The zero-order valence-corrected chi connectivity index (χ0v) is 20.3. The number of benzene rings is 1. The Hall–Kier alpha value is -3.18. The lowest BCUT2D eigenvalue weighted by Crippen LogP contribution is -2.43. The van der Waals surface area contributed by atoms with Crippen molar-refractivity contribution in [2.45, 2.75) is 32.0 Å². The molecule has 4 heterocycles. The average molecular weight is 519 g/mol. The van der Waals surface area contributed by atoms with Gasteiger partial charge in [-0.25, -0.2) is 9.97 Å². The standard InChI is InChI=1S/C24H26ClF3N8/c25-18-5-4-17(24(26,27)28)13-16(18)15-36-10-2-1-3-19-22(36)32-20(14-31-19)33-23-30-7-6-21(34-23)35-11-8-29-9-12-35/h4-7,13-14,29H,1-3,8-12,15H2,(H,30,32,33,34). The zero-order valence-electron chi connectivity index (χ0n) is 19.5. The highest BCUT2D eigenvalue weighted by atomic mass is 35.5. The topological polar surface area (TPSA) is 82.1 Å². The van der Waals surface area contributed by atoms with E-state index in [-0.39, 0.29) is 11.6 Å². The molecule has 1 aromatic carbocycles. The van der Waals surface area contributed by atoms with Crippen LogP contribution in [-0.2, 0) is 19.1 Å². The number of aromatic nitrogens is 4. The minimum Gasteiger partial charge on any atom is -0.354 e. The molecule has 2 N–H and O–H groups in total. The second-order valence-corrected chi connectivity index (χ2v) is 9.22. The summed E-state index contributed by atoms with van der Waals surface area (Å²) in [5, 5.41) is 6.75. The number of hydrogen-bond donors (Lipinski definition) is 2. The molecule has 2 aliphatic heterocycles. The first kappa shape index (κ1) is 24.5. The maximum atomic E-state index is 13.3. The number of nitrogens with zero attached hydrogens (tertiary/aromatic N) is 6. The lowest BCUT2D eigenvalue weighted by Gasteiger charge is -2.28. The Morgan fingerprint density at radius 1 is 1.03 bits per heavy atom. The van der Waals surface area contributed by atoms with Crippen LogP contribution in [0, 0.1) is 0 Å². The summed E-state index contributed by atoms with van der Waals surface area (Å²) in [5.74, 6) is 2.33. The van der Waals surface area contributed by atoms with E-state index in [0.29, 0.717) is 29.7 Å². The molecule has 0 atom stereocenters. The lowest BCUT2D eigenvalue weighted by molar-refractivity contribution is -0.137. The third-order valence-electron chi connectivity index (χ3n) is 6.27. The van der Waals surface area contributed by atoms with Crippen LogP contribution >= 0.6 is 11.6 Å². The predicted molar refractivity (Wildman–Crippen MR) is 133 cm³/mol. The molecule has 1 fully saturated rings. The van der Waals surface area contributed by atoms with Crippen LogP contribution in [0.2, 0.25) is 5.02 Å². The summed E-state index contributed by atoms with van der Waals surface area (Å²) < 4.78 is 39.9. The minimum atomic E-state index is -4.44. The molecule has 0 radical (unpaired) electrons. The second kappa shape index (κ2) is 10.4. The Bertz CT molecular complexity index is 1220. The quantitative estimate of drug-likeness (QED) is 0.513. The highest BCUT2D eigenvalue weighted by molar-refractivity contribution is 6.31. The first-order chi connectivity index (χ1) is 17.4. The molecule has 2 aromatic heterocycles. The molecule has 0 saturated carbocycles. The molecule has 0 amide bonds. The molecule has 12 heteroatoms. The van der Waals surface area contributed by atoms with Crippen molar-refractivity contribution in [1.29, 1.82) is 0 Å². The summed E-state index contributed by atoms with van der Waals surface area (Å²) >= 11 is 6.28. The Balaban J connectivity index is 1.40. The van der Waals surface area contributed by atoms with Crippen LogP contribution in [0.15, 0.2) is 36.7 Å². The molecule has 190 valence electrons. The van der Waals surface area contributed by atoms with E-state index in [0.717, 1.165) is 69.1 Å². The van der Waals surface area contributed by atoms with Crippen LogP contribution in [0.1, 0.15) is 29.7 Å². The van der Waals surface area contributed by atoms with Crippen molar-refractivity contribution in [3.63, 3.8) is 0 Å². The van der Waals surface area contributed by atoms with Crippen LogP contribution in [0.3, 0.4) is 0 Å². The van der Waals surface area contributed by atoms with E-state index in [2.05, 4.69) is 30.5 Å². The van der Waals surface area contributed by atoms with Gasteiger partial charge in [-0.2, -0.15) is 18.2 Å². The molecule has 2 aliphatic rings. The smallest absolute Gasteiger partial charge is 0.354 e. The highest BCUT2D eigenvalue weighted by Crippen LogP contribution is 2.33. The van der Waals surface area contributed by atoms with Crippen LogP contribution in [0.25, 0.3) is 0 Å². The minimum absolute atomic E-state index is 0.197. The van der Waals surface area contributed by atoms with Crippen LogP contribution < -0.4 is 20.4 Å². The number of hydrogen-bond acceptors (Lipinski definition) is 8. The van der Waals surface area contributed by atoms with Gasteiger partial charge in [0.1, 0.15) is 5.82 Å². The van der Waals surface area contributed by atoms with Crippen molar-refractivity contribution in [1.82, 2.24) is 25.3 Å². The Labute approximate surface area is 211 Å². The molecule has 5 rings (SSSR count). The van der Waals surface area contributed by atoms with E-state index in [1.54, 1.807) is 12.4 Å². The molecule has 1 saturated heterocycles. The fraction of sp³-hybridized carbons (Fsp3) is 0.417. The molecule has 0 bridgehead atoms. The SMILES string of the molecule is FC(F)(F)c1ccc(Cl)c(CN2CCCCc3ncc(Nc4nccc(N5CCNCC5)n4)nc32)c1. The zero-order chi connectivity index (χ0) is 25.1. The van der Waals surface area contributed by atoms with Gasteiger partial charge in [-0.15, -0.1) is 0 Å². The van der Waals surface area contributed by atoms with Gasteiger partial charge in [0.2, 0.25) is 5.95 Å². The van der Waals surface area contributed by atoms with Gasteiger partial charge in [0.05, 0.1) is 17.5 Å². The predicted octanol–water partition coefficient (Wildman–Crippen LogP) is 4.43. The molecular weight excluding hydrogens is 493 g/mol. The molecule has 0 aliphatic carbocycles. The van der Waals surface area contributed by atoms with E-state index < -0.39 is 11.7 Å². The largest absolute Gasteiger partial charge is 0.416 e. The first-order valence-corrected chi connectivity index (χ1v) is 12.3.